The molecule has 2 fully saturated rings. The summed E-state index contributed by atoms with van der Waals surface area (Å²) in [6.07, 6.45) is -5.74. The number of aliphatic hydroxyl groups is 3. The van der Waals surface area contributed by atoms with Gasteiger partial charge in [0.25, 0.3) is 0 Å². The normalized spacial score (nSPS) is 45.8. The van der Waals surface area contributed by atoms with Gasteiger partial charge in [-0.3, -0.25) is 4.55 Å². The van der Waals surface area contributed by atoms with E-state index in [4.69, 9.17) is 30.7 Å². The molecule has 0 aromatic heterocycles. The Balaban J connectivity index is 2.89. The number of ether oxygens (including phenoxy) is 5. The fourth-order valence-electron chi connectivity index (χ4n) is 5.96. The van der Waals surface area contributed by atoms with Crippen molar-refractivity contribution in [3.63, 3.8) is 0 Å². The Kier molecular flexibility index (Phi) is 9.33. The Bertz CT molecular complexity index is 1140. The maximum absolute atomic E-state index is 12.9. The zero-order chi connectivity index (χ0) is 32.4. The van der Waals surface area contributed by atoms with Crippen molar-refractivity contribution < 1.29 is 75.3 Å². The van der Waals surface area contributed by atoms with Crippen LogP contribution >= 0.6 is 0 Å². The Hall–Kier alpha value is -1.35. The van der Waals surface area contributed by atoms with Crippen LogP contribution < -0.4 is 0 Å². The van der Waals surface area contributed by atoms with Crippen LogP contribution in [0.1, 0.15) is 48.5 Å². The molecule has 2 heterocycles. The third kappa shape index (κ3) is 5.56. The summed E-state index contributed by atoms with van der Waals surface area (Å²) in [5.41, 5.74) is -9.13. The molecule has 11 unspecified atom stereocenters. The lowest BCUT2D eigenvalue weighted by molar-refractivity contribution is -0.848. The molecule has 0 aromatic carbocycles. The molecule has 5 N–H and O–H groups in total. The molecular weight excluding hydrogens is 574 g/mol. The molecule has 2 saturated heterocycles. The summed E-state index contributed by atoms with van der Waals surface area (Å²) in [6, 6.07) is -1.58. The highest BCUT2D eigenvalue weighted by Gasteiger charge is 2.76. The van der Waals surface area contributed by atoms with E-state index < -0.39 is 91.7 Å². The summed E-state index contributed by atoms with van der Waals surface area (Å²) < 4.78 is 64.2. The second-order valence-electron chi connectivity index (χ2n) is 11.7. The zero-order valence-electron chi connectivity index (χ0n) is 24.8. The van der Waals surface area contributed by atoms with Crippen molar-refractivity contribution >= 4 is 22.3 Å². The van der Waals surface area contributed by atoms with Crippen molar-refractivity contribution in [1.29, 1.82) is 0 Å². The van der Waals surface area contributed by atoms with Gasteiger partial charge < -0.3 is 44.1 Å². The molecule has 16 nitrogen and oxygen atoms in total. The molecule has 2 rings (SSSR count). The van der Waals surface area contributed by atoms with Gasteiger partial charge in [-0.2, -0.15) is 8.42 Å². The van der Waals surface area contributed by atoms with Gasteiger partial charge >= 0.3 is 22.3 Å². The van der Waals surface area contributed by atoms with Crippen LogP contribution in [0.25, 0.3) is 0 Å². The molecule has 11 atom stereocenters. The maximum atomic E-state index is 12.9. The van der Waals surface area contributed by atoms with Crippen LogP contribution in [-0.2, 0) is 47.9 Å². The number of quaternary nitrogens is 1. The molecule has 0 aromatic rings. The smallest absolute Gasteiger partial charge is 0.397 e. The van der Waals surface area contributed by atoms with Crippen molar-refractivity contribution in [2.45, 2.75) is 107 Å². The van der Waals surface area contributed by atoms with Crippen LogP contribution in [0.15, 0.2) is 0 Å². The van der Waals surface area contributed by atoms with Gasteiger partial charge in [-0.1, -0.05) is 0 Å². The molecule has 0 spiro atoms. The third-order valence-electron chi connectivity index (χ3n) is 8.96. The minimum Gasteiger partial charge on any atom is -0.479 e. The molecule has 2 aliphatic rings. The Morgan fingerprint density at radius 2 is 1.46 bits per heavy atom. The van der Waals surface area contributed by atoms with Crippen LogP contribution in [0.5, 0.6) is 0 Å². The molecular formula is C24H42NO15S+. The zero-order valence-corrected chi connectivity index (χ0v) is 25.6. The van der Waals surface area contributed by atoms with Crippen molar-refractivity contribution in [2.24, 2.45) is 0 Å². The number of hydrogen-bond donors (Lipinski definition) is 5. The lowest BCUT2D eigenvalue weighted by atomic mass is 9.68. The summed E-state index contributed by atoms with van der Waals surface area (Å²) in [5.74, 6) is -6.77. The topological polar surface area (TPSA) is 225 Å². The number of hydrogen-bond acceptors (Lipinski definition) is 13. The van der Waals surface area contributed by atoms with Crippen LogP contribution in [0.3, 0.4) is 0 Å². The minimum atomic E-state index is -5.04. The lowest BCUT2D eigenvalue weighted by Gasteiger charge is -2.64. The summed E-state index contributed by atoms with van der Waals surface area (Å²) in [6.45, 7) is 7.16. The first-order valence-corrected chi connectivity index (χ1v) is 13.8. The molecule has 2 aliphatic heterocycles. The Morgan fingerprint density at radius 3 is 1.85 bits per heavy atom. The second kappa shape index (κ2) is 10.7. The highest BCUT2D eigenvalue weighted by molar-refractivity contribution is 7.80. The van der Waals surface area contributed by atoms with E-state index in [1.165, 1.54) is 27.8 Å². The summed E-state index contributed by atoms with van der Waals surface area (Å²) in [4.78, 5) is 25.2. The second-order valence-corrected chi connectivity index (χ2v) is 12.8. The van der Waals surface area contributed by atoms with E-state index in [1.54, 1.807) is 0 Å². The first-order valence-electron chi connectivity index (χ1n) is 12.4. The summed E-state index contributed by atoms with van der Waals surface area (Å²) >= 11 is 0. The lowest BCUT2D eigenvalue weighted by Crippen LogP contribution is -2.85. The molecule has 0 aliphatic carbocycles. The third-order valence-corrected chi connectivity index (χ3v) is 9.40. The van der Waals surface area contributed by atoms with Gasteiger partial charge in [-0.25, -0.2) is 18.3 Å². The van der Waals surface area contributed by atoms with Crippen LogP contribution in [0.2, 0.25) is 0 Å². The number of likely N-dealkylation sites (N-methyl/N-ethyl adjacent to an activating group) is 1. The predicted molar refractivity (Wildman–Crippen MR) is 136 cm³/mol. The van der Waals surface area contributed by atoms with Crippen LogP contribution in [0, 0.1) is 7.05 Å². The highest BCUT2D eigenvalue weighted by atomic mass is 32.3. The van der Waals surface area contributed by atoms with E-state index in [-0.39, 0.29) is 0 Å². The first-order chi connectivity index (χ1) is 18.1. The molecule has 1 amide bonds. The molecule has 0 saturated carbocycles. The highest BCUT2D eigenvalue weighted by Crippen LogP contribution is 2.54. The molecule has 17 heteroatoms. The SMILES string of the molecule is [CH][N+](C)(C(C)=O)C1C(C)(OC)OC(COS(=O)(=O)O)C(C)(O)C1(C)OC1(C)OC(C(=O)O)C(C)(OC)C(C)(O)C1O. The van der Waals surface area contributed by atoms with E-state index in [0.29, 0.717) is 0 Å². The number of aliphatic hydroxyl groups excluding tert-OH is 1. The Labute approximate surface area is 239 Å². The van der Waals surface area contributed by atoms with Crippen molar-refractivity contribution in [3.8, 4) is 0 Å². The average Bonchev–Trinajstić information content (AvgIpc) is 2.81. The number of carbonyl (C=O) groups is 2. The first kappa shape index (κ1) is 35.8. The van der Waals surface area contributed by atoms with E-state index >= 15 is 0 Å². The Morgan fingerprint density at radius 1 is 0.951 bits per heavy atom. The molecule has 238 valence electrons. The fraction of sp³-hybridized carbons (Fsp3) is 0.875. The van der Waals surface area contributed by atoms with Gasteiger partial charge in [0.1, 0.15) is 29.0 Å². The van der Waals surface area contributed by atoms with E-state index in [9.17, 15) is 43.0 Å². The number of amides is 1. The monoisotopic (exact) mass is 616 g/mol. The van der Waals surface area contributed by atoms with Crippen LogP contribution in [-0.4, -0.2) is 136 Å². The van der Waals surface area contributed by atoms with Crippen molar-refractivity contribution in [1.82, 2.24) is 0 Å². The van der Waals surface area contributed by atoms with E-state index in [1.807, 2.05) is 0 Å². The van der Waals surface area contributed by atoms with Gasteiger partial charge in [0.05, 0.1) is 20.6 Å². The quantitative estimate of drug-likeness (QED) is 0.152. The molecule has 2 radical (unpaired) electrons. The number of aliphatic carboxylic acids is 1. The number of methoxy groups -OCH3 is 2. The number of nitrogens with zero attached hydrogens (tertiary/aromatic N) is 1. The number of rotatable bonds is 9. The summed E-state index contributed by atoms with van der Waals surface area (Å²) in [5, 5.41) is 44.9. The van der Waals surface area contributed by atoms with Gasteiger partial charge in [0, 0.05) is 14.2 Å². The largest absolute Gasteiger partial charge is 0.479 e. The minimum absolute atomic E-state index is 0.697. The summed E-state index contributed by atoms with van der Waals surface area (Å²) in [7, 11) is 4.92. The van der Waals surface area contributed by atoms with Crippen molar-refractivity contribution in [2.75, 3.05) is 27.9 Å². The van der Waals surface area contributed by atoms with Gasteiger partial charge in [0.15, 0.2) is 23.5 Å². The number of carboxylic acid groups (broad SMARTS) is 1. The molecule has 0 bridgehead atoms. The van der Waals surface area contributed by atoms with Crippen LogP contribution in [0.4, 0.5) is 0 Å². The van der Waals surface area contributed by atoms with Gasteiger partial charge in [-0.05, 0) is 41.5 Å². The standard InChI is InChI=1S/C24H42NO15S/c1-13(26)25(8,9)17-22(5,19(2,30)14(12-37-41(32,33)34)38-23(17,6)36-11)40-24(7)18(29)20(3,31)21(4,35-10)15(39-24)16(27)28/h8,14-15,17-18,29-31H,12H2,1-7,9-11H3,(H,27,28)(H,32,33,34)/q+1. The fourth-order valence-corrected chi connectivity index (χ4v) is 6.26. The number of carboxylic acids is 1. The van der Waals surface area contributed by atoms with E-state index in [2.05, 4.69) is 4.18 Å². The predicted octanol–water partition coefficient (Wildman–Crippen LogP) is -1.16. The van der Waals surface area contributed by atoms with E-state index in [0.717, 1.165) is 41.9 Å². The average molecular weight is 617 g/mol. The van der Waals surface area contributed by atoms with Gasteiger partial charge in [-0.15, -0.1) is 0 Å². The molecule has 41 heavy (non-hydrogen) atoms. The number of carbonyl (C=O) groups excluding carboxylic acids is 1. The maximum Gasteiger partial charge on any atom is 0.397 e. The van der Waals surface area contributed by atoms with Gasteiger partial charge in [0.2, 0.25) is 12.8 Å². The van der Waals surface area contributed by atoms with Crippen molar-refractivity contribution in [3.05, 3.63) is 7.05 Å².